The molecule has 14 heteroatoms. The third kappa shape index (κ3) is 8.51. The second-order valence-corrected chi connectivity index (χ2v) is 17.9. The maximum absolute atomic E-state index is 16.6. The van der Waals surface area contributed by atoms with Crippen molar-refractivity contribution in [3.05, 3.63) is 142 Å². The zero-order valence-corrected chi connectivity index (χ0v) is 35.6. The maximum Gasteiger partial charge on any atom is 0.410 e. The van der Waals surface area contributed by atoms with Gasteiger partial charge in [0.1, 0.15) is 40.4 Å². The van der Waals surface area contributed by atoms with Gasteiger partial charge in [-0.1, -0.05) is 42.0 Å². The van der Waals surface area contributed by atoms with Crippen molar-refractivity contribution in [1.29, 1.82) is 0 Å². The van der Waals surface area contributed by atoms with Crippen molar-refractivity contribution in [2.75, 3.05) is 33.4 Å². The quantitative estimate of drug-likeness (QED) is 0.137. The average Bonchev–Trinajstić information content (AvgIpc) is 3.77. The number of allylic oxidation sites excluding steroid dienone is 2. The van der Waals surface area contributed by atoms with Gasteiger partial charge in [0, 0.05) is 76.5 Å². The highest BCUT2D eigenvalue weighted by molar-refractivity contribution is 7.13. The summed E-state index contributed by atoms with van der Waals surface area (Å²) in [4.78, 5) is 39.3. The molecule has 0 spiro atoms. The molecule has 0 N–H and O–H groups in total. The van der Waals surface area contributed by atoms with E-state index in [1.807, 2.05) is 45.9 Å². The molecule has 0 atom stereocenters. The normalized spacial score (nSPS) is 15.6. The van der Waals surface area contributed by atoms with Gasteiger partial charge in [0.2, 0.25) is 0 Å². The number of methoxy groups -OCH3 is 1. The minimum absolute atomic E-state index is 0.00883. The van der Waals surface area contributed by atoms with Crippen molar-refractivity contribution < 1.29 is 41.8 Å². The highest BCUT2D eigenvalue weighted by atomic mass is 32.1. The third-order valence-corrected chi connectivity index (χ3v) is 12.6. The molecule has 9 nitrogen and oxygen atoms in total. The largest absolute Gasteiger partial charge is 0.490 e. The molecule has 0 saturated heterocycles. The Labute approximate surface area is 353 Å². The Kier molecular flexibility index (Phi) is 11.7. The Morgan fingerprint density at radius 3 is 2.47 bits per heavy atom. The molecule has 3 aliphatic rings. The van der Waals surface area contributed by atoms with Gasteiger partial charge in [0.05, 0.1) is 30.0 Å². The minimum atomic E-state index is -0.866. The van der Waals surface area contributed by atoms with Gasteiger partial charge in [0.25, 0.3) is 0 Å². The number of hydrogen-bond acceptors (Lipinski definition) is 10. The van der Waals surface area contributed by atoms with Gasteiger partial charge >= 0.3 is 12.1 Å². The Bertz CT molecular complexity index is 2650. The molecular weight excluding hydrogens is 812 g/mol. The van der Waals surface area contributed by atoms with Crippen LogP contribution in [0.1, 0.15) is 82.3 Å². The number of amides is 1. The summed E-state index contributed by atoms with van der Waals surface area (Å²) in [5.74, 6) is -2.66. The number of thiazole rings is 1. The fourth-order valence-electron chi connectivity index (χ4n) is 7.81. The maximum atomic E-state index is 16.6. The molecule has 0 saturated carbocycles. The molecule has 8 rings (SSSR count). The predicted octanol–water partition coefficient (Wildman–Crippen LogP) is 8.35. The van der Waals surface area contributed by atoms with E-state index in [2.05, 4.69) is 6.07 Å². The van der Waals surface area contributed by atoms with E-state index in [0.717, 1.165) is 56.3 Å². The SMILES string of the molecule is COCCOc1cc(F)cc(F)c1C1=c2scc(F)c2=C(c2ccc3c(c2)CCN(C(=O)OC(C)(C)C)C3)CC(C)=C1c1nc2c(s1)CN(OC(=O)c1ccccc1)CC2. The number of carbonyl (C=O) groups is 2. The molecule has 2 aromatic heterocycles. The second kappa shape index (κ2) is 17.0. The molecule has 0 radical (unpaired) electrons. The van der Waals surface area contributed by atoms with Gasteiger partial charge in [0.15, 0.2) is 0 Å². The van der Waals surface area contributed by atoms with Gasteiger partial charge in [-0.15, -0.1) is 27.7 Å². The lowest BCUT2D eigenvalue weighted by molar-refractivity contribution is -0.119. The summed E-state index contributed by atoms with van der Waals surface area (Å²) in [5, 5.41) is 3.92. The summed E-state index contributed by atoms with van der Waals surface area (Å²) >= 11 is 2.54. The molecule has 0 bridgehead atoms. The highest BCUT2D eigenvalue weighted by Crippen LogP contribution is 2.44. The molecule has 4 heterocycles. The zero-order valence-electron chi connectivity index (χ0n) is 34.0. The number of nitrogens with zero attached hydrogens (tertiary/aromatic N) is 3. The van der Waals surface area contributed by atoms with E-state index in [0.29, 0.717) is 76.1 Å². The van der Waals surface area contributed by atoms with Crippen molar-refractivity contribution in [2.45, 2.75) is 65.6 Å². The van der Waals surface area contributed by atoms with Gasteiger partial charge in [-0.2, -0.15) is 0 Å². The summed E-state index contributed by atoms with van der Waals surface area (Å²) in [7, 11) is 1.50. The van der Waals surface area contributed by atoms with Crippen LogP contribution in [-0.4, -0.2) is 66.0 Å². The van der Waals surface area contributed by atoms with E-state index < -0.39 is 29.0 Å². The zero-order chi connectivity index (χ0) is 42.3. The molecule has 1 aliphatic carbocycles. The van der Waals surface area contributed by atoms with Crippen molar-refractivity contribution in [1.82, 2.24) is 14.9 Å². The molecule has 2 aliphatic heterocycles. The van der Waals surface area contributed by atoms with Crippen molar-refractivity contribution in [3.63, 3.8) is 0 Å². The summed E-state index contributed by atoms with van der Waals surface area (Å²) < 4.78 is 65.4. The number of benzene rings is 3. The van der Waals surface area contributed by atoms with Crippen LogP contribution in [0, 0.1) is 17.5 Å². The van der Waals surface area contributed by atoms with Crippen LogP contribution in [0.5, 0.6) is 5.75 Å². The number of hydroxylamine groups is 2. The lowest BCUT2D eigenvalue weighted by Gasteiger charge is -2.31. The molecule has 5 aromatic rings. The molecule has 60 heavy (non-hydrogen) atoms. The Morgan fingerprint density at radius 2 is 1.70 bits per heavy atom. The topological polar surface area (TPSA) is 90.4 Å². The van der Waals surface area contributed by atoms with Crippen LogP contribution in [0.25, 0.3) is 16.7 Å². The molecule has 0 unspecified atom stereocenters. The molecular formula is C46H44F3N3O6S2. The van der Waals surface area contributed by atoms with Crippen LogP contribution in [0.3, 0.4) is 0 Å². The van der Waals surface area contributed by atoms with Crippen LogP contribution in [-0.2, 0) is 40.2 Å². The van der Waals surface area contributed by atoms with Crippen molar-refractivity contribution in [2.24, 2.45) is 0 Å². The molecule has 0 fully saturated rings. The predicted molar refractivity (Wildman–Crippen MR) is 224 cm³/mol. The van der Waals surface area contributed by atoms with Gasteiger partial charge in [-0.05, 0) is 74.9 Å². The second-order valence-electron chi connectivity index (χ2n) is 16.0. The number of thiophene rings is 1. The standard InChI is InChI=1S/C46H44F3N3O6S2/c1-26-19-32(29-11-12-30-23-51(15-13-28(30)20-29)45(54)57-46(2,3)4)39-34(49)25-59-42(39)41(40-33(48)21-31(47)22-36(40)56-18-17-55-5)38(26)43-50-35-14-16-52(24-37(35)60-43)58-44(53)27-9-7-6-8-10-27/h6-12,20-22,25H,13-19,23-24H2,1-5H3. The molecule has 3 aromatic carbocycles. The number of rotatable bonds is 9. The monoisotopic (exact) mass is 855 g/mol. The van der Waals surface area contributed by atoms with Crippen LogP contribution in [0.4, 0.5) is 18.0 Å². The number of carbonyl (C=O) groups excluding carboxylic acids is 2. The first-order valence-electron chi connectivity index (χ1n) is 19.7. The lowest BCUT2D eigenvalue weighted by atomic mass is 9.90. The highest BCUT2D eigenvalue weighted by Gasteiger charge is 2.33. The first kappa shape index (κ1) is 41.5. The van der Waals surface area contributed by atoms with E-state index >= 15 is 13.2 Å². The van der Waals surface area contributed by atoms with E-state index in [4.69, 9.17) is 24.0 Å². The van der Waals surface area contributed by atoms with Gasteiger partial charge < -0.3 is 23.9 Å². The first-order valence-corrected chi connectivity index (χ1v) is 21.4. The van der Waals surface area contributed by atoms with E-state index in [1.165, 1.54) is 23.8 Å². The summed E-state index contributed by atoms with van der Waals surface area (Å²) in [5.41, 5.74) is 5.86. The average molecular weight is 856 g/mol. The Balaban J connectivity index is 1.25. The first-order chi connectivity index (χ1) is 28.8. The van der Waals surface area contributed by atoms with Crippen molar-refractivity contribution >= 4 is 51.5 Å². The van der Waals surface area contributed by atoms with E-state index in [9.17, 15) is 9.59 Å². The smallest absolute Gasteiger partial charge is 0.410 e. The van der Waals surface area contributed by atoms with Crippen LogP contribution in [0.2, 0.25) is 0 Å². The summed E-state index contributed by atoms with van der Waals surface area (Å²) in [6.45, 7) is 9.19. The van der Waals surface area contributed by atoms with E-state index in [1.54, 1.807) is 34.2 Å². The lowest BCUT2D eigenvalue weighted by Crippen LogP contribution is -2.39. The minimum Gasteiger partial charge on any atom is -0.490 e. The summed E-state index contributed by atoms with van der Waals surface area (Å²) in [6, 6.07) is 16.7. The van der Waals surface area contributed by atoms with Crippen molar-refractivity contribution in [3.8, 4) is 5.75 Å². The molecule has 1 amide bonds. The third-order valence-electron chi connectivity index (χ3n) is 10.6. The van der Waals surface area contributed by atoms with Gasteiger partial charge in [-0.25, -0.2) is 27.7 Å². The number of fused-ring (bicyclic) bond motifs is 3. The molecule has 312 valence electrons. The van der Waals surface area contributed by atoms with Gasteiger partial charge in [-0.3, -0.25) is 0 Å². The van der Waals surface area contributed by atoms with Crippen LogP contribution >= 0.6 is 22.7 Å². The van der Waals surface area contributed by atoms with Crippen LogP contribution in [0.15, 0.2) is 71.6 Å². The summed E-state index contributed by atoms with van der Waals surface area (Å²) in [6.07, 6.45) is 0.982. The fourth-order valence-corrected chi connectivity index (χ4v) is 10.1. The Hall–Kier alpha value is -5.28. The number of hydrogen-bond donors (Lipinski definition) is 0. The van der Waals surface area contributed by atoms with E-state index in [-0.39, 0.29) is 37.0 Å². The number of aromatic nitrogens is 1. The Morgan fingerprint density at radius 1 is 0.900 bits per heavy atom. The number of ether oxygens (including phenoxy) is 3. The van der Waals surface area contributed by atoms with Crippen LogP contribution < -0.4 is 14.5 Å². The fraction of sp³-hybridized carbons (Fsp3) is 0.326. The number of halogens is 3.